The Morgan fingerprint density at radius 2 is 1.93 bits per heavy atom. The van der Waals surface area contributed by atoms with Crippen LogP contribution in [0, 0.1) is 10.1 Å². The van der Waals surface area contributed by atoms with E-state index in [0.717, 1.165) is 18.7 Å². The van der Waals surface area contributed by atoms with Crippen LogP contribution in [0.5, 0.6) is 0 Å². The minimum Gasteiger partial charge on any atom is -0.385 e. The van der Waals surface area contributed by atoms with Crippen molar-refractivity contribution in [2.24, 2.45) is 0 Å². The number of hydrogen-bond acceptors (Lipinski definition) is 3. The zero-order valence-corrected chi connectivity index (χ0v) is 8.90. The Kier molecular flexibility index (Phi) is 4.60. The summed E-state index contributed by atoms with van der Waals surface area (Å²) in [6, 6.07) is 6.51. The maximum atomic E-state index is 10.4. The van der Waals surface area contributed by atoms with E-state index in [4.69, 9.17) is 0 Å². The molecule has 4 heteroatoms. The van der Waals surface area contributed by atoms with Crippen LogP contribution in [0.2, 0.25) is 0 Å². The largest absolute Gasteiger partial charge is 0.385 e. The lowest BCUT2D eigenvalue weighted by Gasteiger charge is -2.04. The van der Waals surface area contributed by atoms with E-state index < -0.39 is 0 Å². The summed E-state index contributed by atoms with van der Waals surface area (Å²) in [6.45, 7) is 3.08. The van der Waals surface area contributed by atoms with Crippen LogP contribution < -0.4 is 5.32 Å². The number of benzene rings is 1. The second-order valence-corrected chi connectivity index (χ2v) is 3.44. The Balaban J connectivity index is 2.39. The van der Waals surface area contributed by atoms with Gasteiger partial charge in [0.25, 0.3) is 5.69 Å². The smallest absolute Gasteiger partial charge is 0.269 e. The van der Waals surface area contributed by atoms with Gasteiger partial charge >= 0.3 is 0 Å². The Hall–Kier alpha value is -1.58. The maximum Gasteiger partial charge on any atom is 0.269 e. The highest BCUT2D eigenvalue weighted by molar-refractivity contribution is 5.48. The Morgan fingerprint density at radius 3 is 2.47 bits per heavy atom. The second-order valence-electron chi connectivity index (χ2n) is 3.44. The molecule has 0 fully saturated rings. The monoisotopic (exact) mass is 208 g/mol. The molecular formula is C11H16N2O2. The Morgan fingerprint density at radius 1 is 1.27 bits per heavy atom. The molecule has 0 unspecified atom stereocenters. The van der Waals surface area contributed by atoms with Crippen molar-refractivity contribution in [3.63, 3.8) is 0 Å². The molecule has 82 valence electrons. The molecule has 0 spiro atoms. The molecule has 0 aliphatic carbocycles. The van der Waals surface area contributed by atoms with Crippen LogP contribution in [0.3, 0.4) is 0 Å². The number of rotatable bonds is 6. The zero-order valence-electron chi connectivity index (χ0n) is 8.90. The topological polar surface area (TPSA) is 55.2 Å². The van der Waals surface area contributed by atoms with Crippen LogP contribution in [0.4, 0.5) is 11.4 Å². The molecule has 0 amide bonds. The average molecular weight is 208 g/mol. The number of hydrogen-bond donors (Lipinski definition) is 1. The second kappa shape index (κ2) is 6.01. The van der Waals surface area contributed by atoms with E-state index >= 15 is 0 Å². The fraction of sp³-hybridized carbons (Fsp3) is 0.455. The molecule has 4 nitrogen and oxygen atoms in total. The predicted octanol–water partition coefficient (Wildman–Crippen LogP) is 3.20. The molecule has 15 heavy (non-hydrogen) atoms. The minimum atomic E-state index is -0.388. The summed E-state index contributed by atoms with van der Waals surface area (Å²) in [4.78, 5) is 10.0. The van der Waals surface area contributed by atoms with Crippen molar-refractivity contribution in [1.29, 1.82) is 0 Å². The van der Waals surface area contributed by atoms with Crippen LogP contribution in [-0.2, 0) is 0 Å². The van der Waals surface area contributed by atoms with Gasteiger partial charge in [-0.25, -0.2) is 0 Å². The molecule has 0 aliphatic heterocycles. The van der Waals surface area contributed by atoms with Gasteiger partial charge in [0.2, 0.25) is 0 Å². The molecule has 0 atom stereocenters. The van der Waals surface area contributed by atoms with Crippen molar-refractivity contribution in [1.82, 2.24) is 0 Å². The van der Waals surface area contributed by atoms with Gasteiger partial charge in [-0.05, 0) is 18.6 Å². The van der Waals surface area contributed by atoms with E-state index in [1.807, 2.05) is 0 Å². The molecule has 0 heterocycles. The van der Waals surface area contributed by atoms with Gasteiger partial charge in [0.05, 0.1) is 4.92 Å². The van der Waals surface area contributed by atoms with Crippen LogP contribution in [0.25, 0.3) is 0 Å². The van der Waals surface area contributed by atoms with E-state index in [2.05, 4.69) is 12.2 Å². The van der Waals surface area contributed by atoms with Gasteiger partial charge in [-0.1, -0.05) is 19.8 Å². The van der Waals surface area contributed by atoms with Crippen molar-refractivity contribution in [3.05, 3.63) is 34.4 Å². The molecule has 0 saturated heterocycles. The predicted molar refractivity (Wildman–Crippen MR) is 61.1 cm³/mol. The molecule has 0 radical (unpaired) electrons. The summed E-state index contributed by atoms with van der Waals surface area (Å²) in [5.74, 6) is 0. The van der Waals surface area contributed by atoms with Gasteiger partial charge < -0.3 is 5.32 Å². The number of anilines is 1. The molecule has 1 aromatic rings. The van der Waals surface area contributed by atoms with Gasteiger partial charge in [-0.2, -0.15) is 0 Å². The first-order valence-electron chi connectivity index (χ1n) is 5.22. The summed E-state index contributed by atoms with van der Waals surface area (Å²) in [6.07, 6.45) is 3.54. The number of non-ortho nitro benzene ring substituents is 1. The summed E-state index contributed by atoms with van der Waals surface area (Å²) in [5.41, 5.74) is 1.07. The van der Waals surface area contributed by atoms with E-state index in [1.165, 1.54) is 25.0 Å². The van der Waals surface area contributed by atoms with Crippen molar-refractivity contribution >= 4 is 11.4 Å². The highest BCUT2D eigenvalue weighted by atomic mass is 16.6. The Labute approximate surface area is 89.5 Å². The third kappa shape index (κ3) is 3.97. The van der Waals surface area contributed by atoms with Crippen LogP contribution >= 0.6 is 0 Å². The molecule has 1 aromatic carbocycles. The molecule has 0 aliphatic rings. The minimum absolute atomic E-state index is 0.133. The summed E-state index contributed by atoms with van der Waals surface area (Å²) < 4.78 is 0. The molecular weight excluding hydrogens is 192 g/mol. The third-order valence-electron chi connectivity index (χ3n) is 2.19. The standard InChI is InChI=1S/C11H16N2O2/c1-2-3-4-9-12-10-5-7-11(8-6-10)13(14)15/h5-8,12H,2-4,9H2,1H3. The van der Waals surface area contributed by atoms with E-state index in [9.17, 15) is 10.1 Å². The van der Waals surface area contributed by atoms with Gasteiger partial charge in [0, 0.05) is 24.4 Å². The summed E-state index contributed by atoms with van der Waals surface area (Å²) >= 11 is 0. The van der Waals surface area contributed by atoms with Gasteiger partial charge in [-0.3, -0.25) is 10.1 Å². The maximum absolute atomic E-state index is 10.4. The number of nitro benzene ring substituents is 1. The quantitative estimate of drug-likeness (QED) is 0.443. The molecule has 1 rings (SSSR count). The number of unbranched alkanes of at least 4 members (excludes halogenated alkanes) is 2. The lowest BCUT2D eigenvalue weighted by molar-refractivity contribution is -0.384. The molecule has 1 N–H and O–H groups in total. The van der Waals surface area contributed by atoms with E-state index in [0.29, 0.717) is 0 Å². The molecule has 0 bridgehead atoms. The molecule has 0 aromatic heterocycles. The fourth-order valence-electron chi connectivity index (χ4n) is 1.31. The van der Waals surface area contributed by atoms with Crippen molar-refractivity contribution in [2.75, 3.05) is 11.9 Å². The SMILES string of the molecule is CCCCCNc1ccc([N+](=O)[O-])cc1. The van der Waals surface area contributed by atoms with Gasteiger partial charge in [-0.15, -0.1) is 0 Å². The van der Waals surface area contributed by atoms with Gasteiger partial charge in [0.1, 0.15) is 0 Å². The van der Waals surface area contributed by atoms with Crippen LogP contribution in [0.1, 0.15) is 26.2 Å². The van der Waals surface area contributed by atoms with Crippen molar-refractivity contribution in [3.8, 4) is 0 Å². The van der Waals surface area contributed by atoms with Crippen LogP contribution in [-0.4, -0.2) is 11.5 Å². The first-order valence-corrected chi connectivity index (χ1v) is 5.22. The first kappa shape index (κ1) is 11.5. The third-order valence-corrected chi connectivity index (χ3v) is 2.19. The number of nitrogens with zero attached hydrogens (tertiary/aromatic N) is 1. The highest BCUT2D eigenvalue weighted by Crippen LogP contribution is 2.15. The summed E-state index contributed by atoms with van der Waals surface area (Å²) in [5, 5.41) is 13.6. The average Bonchev–Trinajstić information content (AvgIpc) is 2.25. The Bertz CT molecular complexity index is 309. The summed E-state index contributed by atoms with van der Waals surface area (Å²) in [7, 11) is 0. The normalized spacial score (nSPS) is 9.93. The lowest BCUT2D eigenvalue weighted by atomic mass is 10.2. The lowest BCUT2D eigenvalue weighted by Crippen LogP contribution is -2.01. The van der Waals surface area contributed by atoms with Crippen LogP contribution in [0.15, 0.2) is 24.3 Å². The zero-order chi connectivity index (χ0) is 11.1. The van der Waals surface area contributed by atoms with Crippen molar-refractivity contribution in [2.45, 2.75) is 26.2 Å². The van der Waals surface area contributed by atoms with Gasteiger partial charge in [0.15, 0.2) is 0 Å². The fourth-order valence-corrected chi connectivity index (χ4v) is 1.31. The van der Waals surface area contributed by atoms with E-state index in [-0.39, 0.29) is 10.6 Å². The number of nitro groups is 1. The highest BCUT2D eigenvalue weighted by Gasteiger charge is 2.02. The molecule has 0 saturated carbocycles. The number of nitrogens with one attached hydrogen (secondary N) is 1. The van der Waals surface area contributed by atoms with Crippen molar-refractivity contribution < 1.29 is 4.92 Å². The van der Waals surface area contributed by atoms with E-state index in [1.54, 1.807) is 12.1 Å². The first-order chi connectivity index (χ1) is 7.24.